The molecular formula is C13H10ClF2N3O. The minimum Gasteiger partial charge on any atom is -0.322 e. The number of hydrazine groups is 1. The minimum atomic E-state index is -0.950. The van der Waals surface area contributed by atoms with E-state index in [0.29, 0.717) is 10.7 Å². The largest absolute Gasteiger partial charge is 0.322 e. The first-order valence-electron chi connectivity index (χ1n) is 5.54. The fourth-order valence-corrected chi connectivity index (χ4v) is 1.70. The maximum Gasteiger partial charge on any atom is 0.255 e. The van der Waals surface area contributed by atoms with Crippen LogP contribution in [0.4, 0.5) is 20.2 Å². The number of halogens is 3. The fraction of sp³-hybridized carbons (Fsp3) is 0. The first kappa shape index (κ1) is 14.2. The Morgan fingerprint density at radius 1 is 1.10 bits per heavy atom. The number of nitrogens with two attached hydrogens (primary N) is 1. The Morgan fingerprint density at radius 2 is 1.65 bits per heavy atom. The third kappa shape index (κ3) is 3.04. The molecule has 0 saturated heterocycles. The second-order valence-corrected chi connectivity index (χ2v) is 4.36. The molecule has 0 radical (unpaired) electrons. The zero-order valence-corrected chi connectivity index (χ0v) is 10.8. The number of hydrogen-bond donors (Lipinski definition) is 3. The molecule has 0 aliphatic heterocycles. The van der Waals surface area contributed by atoms with Gasteiger partial charge in [0.25, 0.3) is 5.91 Å². The smallest absolute Gasteiger partial charge is 0.255 e. The number of carbonyl (C=O) groups excluding carboxylic acids is 1. The molecule has 2 aromatic rings. The summed E-state index contributed by atoms with van der Waals surface area (Å²) in [5, 5.41) is 3.01. The summed E-state index contributed by atoms with van der Waals surface area (Å²) in [7, 11) is 0. The van der Waals surface area contributed by atoms with Crippen LogP contribution in [0.3, 0.4) is 0 Å². The van der Waals surface area contributed by atoms with Crippen molar-refractivity contribution < 1.29 is 13.6 Å². The average Bonchev–Trinajstić information content (AvgIpc) is 2.41. The second kappa shape index (κ2) is 5.85. The third-order valence-electron chi connectivity index (χ3n) is 2.55. The van der Waals surface area contributed by atoms with Gasteiger partial charge in [-0.2, -0.15) is 0 Å². The molecular weight excluding hydrogens is 288 g/mol. The highest BCUT2D eigenvalue weighted by molar-refractivity contribution is 6.30. The van der Waals surface area contributed by atoms with Crippen LogP contribution >= 0.6 is 11.6 Å². The standard InChI is InChI=1S/C13H10ClF2N3O/c14-8-1-3-9(4-2-8)18-13(20)7-5-10(15)12(19-17)11(16)6-7/h1-6,19H,17H2,(H,18,20). The normalized spacial score (nSPS) is 10.2. The summed E-state index contributed by atoms with van der Waals surface area (Å²) in [5.74, 6) is 2.43. The van der Waals surface area contributed by atoms with Crippen molar-refractivity contribution in [3.05, 3.63) is 58.6 Å². The number of carbonyl (C=O) groups is 1. The molecule has 7 heteroatoms. The Balaban J connectivity index is 2.23. The molecule has 0 heterocycles. The number of hydrogen-bond acceptors (Lipinski definition) is 3. The molecule has 0 saturated carbocycles. The highest BCUT2D eigenvalue weighted by Gasteiger charge is 2.14. The molecule has 104 valence electrons. The van der Waals surface area contributed by atoms with Gasteiger partial charge in [-0.05, 0) is 36.4 Å². The number of rotatable bonds is 3. The third-order valence-corrected chi connectivity index (χ3v) is 2.80. The van der Waals surface area contributed by atoms with E-state index in [-0.39, 0.29) is 5.56 Å². The lowest BCUT2D eigenvalue weighted by molar-refractivity contribution is 0.102. The van der Waals surface area contributed by atoms with E-state index in [1.807, 2.05) is 5.43 Å². The monoisotopic (exact) mass is 297 g/mol. The molecule has 20 heavy (non-hydrogen) atoms. The zero-order chi connectivity index (χ0) is 14.7. The molecule has 0 bridgehead atoms. The van der Waals surface area contributed by atoms with E-state index in [2.05, 4.69) is 5.32 Å². The van der Waals surface area contributed by atoms with Crippen molar-refractivity contribution in [3.63, 3.8) is 0 Å². The van der Waals surface area contributed by atoms with Crippen molar-refractivity contribution in [2.75, 3.05) is 10.7 Å². The van der Waals surface area contributed by atoms with E-state index in [0.717, 1.165) is 12.1 Å². The highest BCUT2D eigenvalue weighted by atomic mass is 35.5. The number of nitrogen functional groups attached to an aromatic ring is 1. The predicted octanol–water partition coefficient (Wildman–Crippen LogP) is 3.16. The van der Waals surface area contributed by atoms with Crippen molar-refractivity contribution in [1.29, 1.82) is 0 Å². The SMILES string of the molecule is NNc1c(F)cc(C(=O)Nc2ccc(Cl)cc2)cc1F. The van der Waals surface area contributed by atoms with Crippen LogP contribution in [-0.2, 0) is 0 Å². The second-order valence-electron chi connectivity index (χ2n) is 3.92. The molecule has 1 amide bonds. The van der Waals surface area contributed by atoms with E-state index in [9.17, 15) is 13.6 Å². The van der Waals surface area contributed by atoms with Crippen LogP contribution in [0.1, 0.15) is 10.4 Å². The van der Waals surface area contributed by atoms with E-state index >= 15 is 0 Å². The fourth-order valence-electron chi connectivity index (χ4n) is 1.58. The number of benzene rings is 2. The summed E-state index contributed by atoms with van der Waals surface area (Å²) in [4.78, 5) is 11.9. The maximum atomic E-state index is 13.5. The van der Waals surface area contributed by atoms with Crippen molar-refractivity contribution in [1.82, 2.24) is 0 Å². The molecule has 4 N–H and O–H groups in total. The van der Waals surface area contributed by atoms with Gasteiger partial charge in [-0.1, -0.05) is 11.6 Å². The number of nitrogens with one attached hydrogen (secondary N) is 2. The van der Waals surface area contributed by atoms with Crippen LogP contribution < -0.4 is 16.6 Å². The maximum absolute atomic E-state index is 13.5. The summed E-state index contributed by atoms with van der Waals surface area (Å²) >= 11 is 5.71. The van der Waals surface area contributed by atoms with Crippen LogP contribution in [0.2, 0.25) is 5.02 Å². The molecule has 0 atom stereocenters. The van der Waals surface area contributed by atoms with Crippen molar-refractivity contribution in [2.24, 2.45) is 5.84 Å². The molecule has 0 unspecified atom stereocenters. The lowest BCUT2D eigenvalue weighted by atomic mass is 10.1. The van der Waals surface area contributed by atoms with Crippen LogP contribution in [0.25, 0.3) is 0 Å². The van der Waals surface area contributed by atoms with Gasteiger partial charge in [-0.3, -0.25) is 10.6 Å². The molecule has 0 aliphatic carbocycles. The van der Waals surface area contributed by atoms with E-state index < -0.39 is 23.2 Å². The first-order chi connectivity index (χ1) is 9.51. The molecule has 2 aromatic carbocycles. The lowest BCUT2D eigenvalue weighted by Gasteiger charge is -2.08. The molecule has 4 nitrogen and oxygen atoms in total. The van der Waals surface area contributed by atoms with Crippen molar-refractivity contribution >= 4 is 28.9 Å². The Bertz CT molecular complexity index is 624. The summed E-state index contributed by atoms with van der Waals surface area (Å²) < 4.78 is 27.0. The average molecular weight is 298 g/mol. The Kier molecular flexibility index (Phi) is 4.16. The van der Waals surface area contributed by atoms with Gasteiger partial charge < -0.3 is 10.7 Å². The Labute approximate surface area is 118 Å². The van der Waals surface area contributed by atoms with E-state index in [1.165, 1.54) is 0 Å². The van der Waals surface area contributed by atoms with Crippen LogP contribution in [-0.4, -0.2) is 5.91 Å². The molecule has 0 fully saturated rings. The predicted molar refractivity (Wildman–Crippen MR) is 73.6 cm³/mol. The van der Waals surface area contributed by atoms with Crippen molar-refractivity contribution in [3.8, 4) is 0 Å². The van der Waals surface area contributed by atoms with Gasteiger partial charge in [0.05, 0.1) is 0 Å². The van der Waals surface area contributed by atoms with Gasteiger partial charge in [0.15, 0.2) is 11.6 Å². The highest BCUT2D eigenvalue weighted by Crippen LogP contribution is 2.21. The van der Waals surface area contributed by atoms with E-state index in [1.54, 1.807) is 24.3 Å². The van der Waals surface area contributed by atoms with Crippen LogP contribution in [0.15, 0.2) is 36.4 Å². The zero-order valence-electron chi connectivity index (χ0n) is 10.1. The number of amides is 1. The topological polar surface area (TPSA) is 67.1 Å². The first-order valence-corrected chi connectivity index (χ1v) is 5.91. The van der Waals surface area contributed by atoms with E-state index in [4.69, 9.17) is 17.4 Å². The quantitative estimate of drug-likeness (QED) is 0.602. The molecule has 2 rings (SSSR count). The summed E-state index contributed by atoms with van der Waals surface area (Å²) in [5.41, 5.74) is 1.70. The molecule has 0 aromatic heterocycles. The Morgan fingerprint density at radius 3 is 2.15 bits per heavy atom. The lowest BCUT2D eigenvalue weighted by Crippen LogP contribution is -2.15. The summed E-state index contributed by atoms with van der Waals surface area (Å²) in [6, 6.07) is 8.10. The van der Waals surface area contributed by atoms with Gasteiger partial charge in [-0.25, -0.2) is 8.78 Å². The molecule has 0 spiro atoms. The summed E-state index contributed by atoms with van der Waals surface area (Å²) in [6.45, 7) is 0. The van der Waals surface area contributed by atoms with Gasteiger partial charge >= 0.3 is 0 Å². The number of anilines is 2. The van der Waals surface area contributed by atoms with Gasteiger partial charge in [0.1, 0.15) is 5.69 Å². The van der Waals surface area contributed by atoms with Crippen molar-refractivity contribution in [2.45, 2.75) is 0 Å². The molecule has 0 aliphatic rings. The minimum absolute atomic E-state index is 0.158. The van der Waals surface area contributed by atoms with Crippen LogP contribution in [0.5, 0.6) is 0 Å². The van der Waals surface area contributed by atoms with Crippen LogP contribution in [0, 0.1) is 11.6 Å². The van der Waals surface area contributed by atoms with Gasteiger partial charge in [0, 0.05) is 16.3 Å². The summed E-state index contributed by atoms with van der Waals surface area (Å²) in [6.07, 6.45) is 0. The Hall–Kier alpha value is -2.18. The van der Waals surface area contributed by atoms with Gasteiger partial charge in [-0.15, -0.1) is 0 Å². The van der Waals surface area contributed by atoms with Gasteiger partial charge in [0.2, 0.25) is 0 Å².